The molecule has 1 aliphatic heterocycles. The molecule has 1 aliphatic rings. The summed E-state index contributed by atoms with van der Waals surface area (Å²) in [5, 5.41) is 3.22. The molecule has 0 aliphatic carbocycles. The van der Waals surface area contributed by atoms with E-state index in [1.807, 2.05) is 6.20 Å². The minimum absolute atomic E-state index is 0. The molecule has 0 amide bonds. The molecule has 2 rings (SSSR count). The van der Waals surface area contributed by atoms with Gasteiger partial charge in [-0.1, -0.05) is 0 Å². The van der Waals surface area contributed by atoms with Crippen LogP contribution in [0.2, 0.25) is 0 Å². The van der Waals surface area contributed by atoms with Crippen molar-refractivity contribution in [1.82, 2.24) is 10.3 Å². The van der Waals surface area contributed by atoms with Gasteiger partial charge in [-0.05, 0) is 24.1 Å². The number of hydrogen-bond donors (Lipinski definition) is 2. The van der Waals surface area contributed by atoms with E-state index in [9.17, 15) is 4.79 Å². The summed E-state index contributed by atoms with van der Waals surface area (Å²) in [5.74, 6) is 0. The van der Waals surface area contributed by atoms with Crippen molar-refractivity contribution in [2.75, 3.05) is 6.54 Å². The minimum atomic E-state index is -0.00699. The van der Waals surface area contributed by atoms with E-state index in [1.54, 1.807) is 6.07 Å². The Kier molecular flexibility index (Phi) is 5.06. The van der Waals surface area contributed by atoms with Crippen LogP contribution in [0.15, 0.2) is 17.1 Å². The van der Waals surface area contributed by atoms with Gasteiger partial charge >= 0.3 is 0 Å². The maximum absolute atomic E-state index is 10.9. The number of aromatic nitrogens is 1. The fraction of sp³-hybridized carbons (Fsp3) is 0.375. The van der Waals surface area contributed by atoms with E-state index in [0.717, 1.165) is 25.1 Å². The predicted molar refractivity (Wildman–Crippen MR) is 57.0 cm³/mol. The number of fused-ring (bicyclic) bond motifs is 1. The second-order valence-electron chi connectivity index (χ2n) is 2.77. The molecule has 0 saturated heterocycles. The molecule has 0 bridgehead atoms. The quantitative estimate of drug-likeness (QED) is 0.685. The van der Waals surface area contributed by atoms with Gasteiger partial charge in [0.05, 0.1) is 0 Å². The maximum atomic E-state index is 10.9. The molecule has 1 aromatic heterocycles. The van der Waals surface area contributed by atoms with Crippen molar-refractivity contribution in [2.45, 2.75) is 13.0 Å². The molecule has 0 fully saturated rings. The molecule has 13 heavy (non-hydrogen) atoms. The van der Waals surface area contributed by atoms with E-state index < -0.39 is 0 Å². The lowest BCUT2D eigenvalue weighted by Crippen LogP contribution is -2.25. The van der Waals surface area contributed by atoms with Gasteiger partial charge in [0.2, 0.25) is 5.56 Å². The van der Waals surface area contributed by atoms with Crippen LogP contribution in [-0.4, -0.2) is 11.5 Å². The van der Waals surface area contributed by atoms with E-state index in [0.29, 0.717) is 0 Å². The van der Waals surface area contributed by atoms with Crippen LogP contribution >= 0.6 is 24.8 Å². The van der Waals surface area contributed by atoms with Crippen LogP contribution in [0.25, 0.3) is 0 Å². The van der Waals surface area contributed by atoms with Gasteiger partial charge in [0.15, 0.2) is 0 Å². The number of nitrogens with one attached hydrogen (secondary N) is 2. The molecule has 0 aromatic carbocycles. The van der Waals surface area contributed by atoms with E-state index in [2.05, 4.69) is 10.3 Å². The zero-order chi connectivity index (χ0) is 7.68. The third kappa shape index (κ3) is 2.72. The lowest BCUT2D eigenvalue weighted by molar-refractivity contribution is 0.640. The Labute approximate surface area is 88.8 Å². The topological polar surface area (TPSA) is 44.9 Å². The normalized spacial score (nSPS) is 13.5. The van der Waals surface area contributed by atoms with Crippen LogP contribution < -0.4 is 10.9 Å². The number of aromatic amines is 1. The zero-order valence-corrected chi connectivity index (χ0v) is 8.63. The Morgan fingerprint density at radius 3 is 2.77 bits per heavy atom. The molecular weight excluding hydrogens is 211 g/mol. The molecule has 3 nitrogen and oxygen atoms in total. The summed E-state index contributed by atoms with van der Waals surface area (Å²) >= 11 is 0. The van der Waals surface area contributed by atoms with Gasteiger partial charge in [0.25, 0.3) is 0 Å². The first kappa shape index (κ1) is 12.5. The summed E-state index contributed by atoms with van der Waals surface area (Å²) in [7, 11) is 0. The molecule has 0 spiro atoms. The molecule has 5 heteroatoms. The van der Waals surface area contributed by atoms with Crippen molar-refractivity contribution in [3.63, 3.8) is 0 Å². The predicted octanol–water partition coefficient (Wildman–Crippen LogP) is 0.864. The van der Waals surface area contributed by atoms with Crippen LogP contribution in [0.5, 0.6) is 0 Å². The fourth-order valence-corrected chi connectivity index (χ4v) is 1.39. The van der Waals surface area contributed by atoms with Gasteiger partial charge in [-0.3, -0.25) is 4.79 Å². The van der Waals surface area contributed by atoms with Gasteiger partial charge in [0, 0.05) is 18.8 Å². The van der Waals surface area contributed by atoms with Crippen molar-refractivity contribution in [3.8, 4) is 0 Å². The number of hydrogen-bond acceptors (Lipinski definition) is 2. The van der Waals surface area contributed by atoms with Crippen molar-refractivity contribution in [1.29, 1.82) is 0 Å². The maximum Gasteiger partial charge on any atom is 0.248 e. The average molecular weight is 223 g/mol. The van der Waals surface area contributed by atoms with E-state index >= 15 is 0 Å². The lowest BCUT2D eigenvalue weighted by Gasteiger charge is -2.15. The molecule has 0 radical (unpaired) electrons. The van der Waals surface area contributed by atoms with Crippen molar-refractivity contribution >= 4 is 24.8 Å². The van der Waals surface area contributed by atoms with E-state index in [-0.39, 0.29) is 30.4 Å². The SMILES string of the molecule is Cl.Cl.O=c1cc2c(c[nH]1)CCNC2. The van der Waals surface area contributed by atoms with Gasteiger partial charge in [-0.2, -0.15) is 0 Å². The van der Waals surface area contributed by atoms with Gasteiger partial charge < -0.3 is 10.3 Å². The Hall–Kier alpha value is -0.510. The zero-order valence-electron chi connectivity index (χ0n) is 7.00. The first-order valence-electron chi connectivity index (χ1n) is 3.77. The number of pyridine rings is 1. The summed E-state index contributed by atoms with van der Waals surface area (Å²) in [5.41, 5.74) is 2.40. The number of H-pyrrole nitrogens is 1. The number of rotatable bonds is 0. The second-order valence-corrected chi connectivity index (χ2v) is 2.77. The molecule has 1 aromatic rings. The largest absolute Gasteiger partial charge is 0.329 e. The van der Waals surface area contributed by atoms with Crippen LogP contribution in [0.3, 0.4) is 0 Å². The summed E-state index contributed by atoms with van der Waals surface area (Å²) in [6, 6.07) is 1.67. The van der Waals surface area contributed by atoms with Crippen LogP contribution in [0, 0.1) is 0 Å². The highest BCUT2D eigenvalue weighted by molar-refractivity contribution is 5.85. The third-order valence-electron chi connectivity index (χ3n) is 1.99. The Morgan fingerprint density at radius 1 is 1.23 bits per heavy atom. The Balaban J connectivity index is 0.000000720. The molecule has 2 N–H and O–H groups in total. The summed E-state index contributed by atoms with van der Waals surface area (Å²) in [6.45, 7) is 1.85. The molecule has 74 valence electrons. The number of halogens is 2. The first-order valence-corrected chi connectivity index (χ1v) is 3.77. The standard InChI is InChI=1S/C8H10N2O.2ClH/c11-8-3-7-4-9-2-1-6(7)5-10-8;;/h3,5,9H,1-2,4H2,(H,10,11);2*1H. The van der Waals surface area contributed by atoms with Gasteiger partial charge in [0.1, 0.15) is 0 Å². The lowest BCUT2D eigenvalue weighted by atomic mass is 10.0. The average Bonchev–Trinajstić information content (AvgIpc) is 2.04. The molecule has 0 atom stereocenters. The van der Waals surface area contributed by atoms with Gasteiger partial charge in [-0.15, -0.1) is 24.8 Å². The monoisotopic (exact) mass is 222 g/mol. The highest BCUT2D eigenvalue weighted by Gasteiger charge is 2.07. The smallest absolute Gasteiger partial charge is 0.248 e. The Bertz CT molecular complexity index is 324. The molecular formula is C8H12Cl2N2O. The Morgan fingerprint density at radius 2 is 2.00 bits per heavy atom. The summed E-state index contributed by atoms with van der Waals surface area (Å²) in [6.07, 6.45) is 2.84. The minimum Gasteiger partial charge on any atom is -0.329 e. The van der Waals surface area contributed by atoms with Crippen LogP contribution in [0.1, 0.15) is 11.1 Å². The molecule has 0 unspecified atom stereocenters. The van der Waals surface area contributed by atoms with Crippen molar-refractivity contribution in [3.05, 3.63) is 33.7 Å². The second kappa shape index (κ2) is 5.27. The summed E-state index contributed by atoms with van der Waals surface area (Å²) < 4.78 is 0. The van der Waals surface area contributed by atoms with Gasteiger partial charge in [-0.25, -0.2) is 0 Å². The molecule has 2 heterocycles. The van der Waals surface area contributed by atoms with Crippen molar-refractivity contribution < 1.29 is 0 Å². The van der Waals surface area contributed by atoms with Crippen LogP contribution in [-0.2, 0) is 13.0 Å². The third-order valence-corrected chi connectivity index (χ3v) is 1.99. The van der Waals surface area contributed by atoms with Crippen LogP contribution in [0.4, 0.5) is 0 Å². The highest BCUT2D eigenvalue weighted by Crippen LogP contribution is 2.08. The first-order chi connectivity index (χ1) is 5.36. The summed E-state index contributed by atoms with van der Waals surface area (Å²) in [4.78, 5) is 13.5. The highest BCUT2D eigenvalue weighted by atomic mass is 35.5. The van der Waals surface area contributed by atoms with Crippen molar-refractivity contribution in [2.24, 2.45) is 0 Å². The van der Waals surface area contributed by atoms with E-state index in [4.69, 9.17) is 0 Å². The fourth-order valence-electron chi connectivity index (χ4n) is 1.39. The molecule has 0 saturated carbocycles. The van der Waals surface area contributed by atoms with E-state index in [1.165, 1.54) is 5.56 Å².